The van der Waals surface area contributed by atoms with Crippen LogP contribution < -0.4 is 4.74 Å². The average molecular weight is 387 g/mol. The Morgan fingerprint density at radius 3 is 2.78 bits per heavy atom. The summed E-state index contributed by atoms with van der Waals surface area (Å²) in [6.45, 7) is 0.874. The highest BCUT2D eigenvalue weighted by Gasteiger charge is 2.13. The largest absolute Gasteiger partial charge is 0.492 e. The summed E-state index contributed by atoms with van der Waals surface area (Å²) in [7, 11) is 1.74. The van der Waals surface area contributed by atoms with Gasteiger partial charge in [-0.2, -0.15) is 4.98 Å². The normalized spacial score (nSPS) is 10.6. The lowest BCUT2D eigenvalue weighted by Crippen LogP contribution is -2.31. The number of rotatable bonds is 8. The summed E-state index contributed by atoms with van der Waals surface area (Å²) < 4.78 is 10.8. The van der Waals surface area contributed by atoms with Crippen molar-refractivity contribution in [1.29, 1.82) is 0 Å². The van der Waals surface area contributed by atoms with Crippen molar-refractivity contribution in [1.82, 2.24) is 20.0 Å². The van der Waals surface area contributed by atoms with Crippen molar-refractivity contribution in [2.45, 2.75) is 12.8 Å². The van der Waals surface area contributed by atoms with Gasteiger partial charge in [0.05, 0.1) is 6.54 Å². The molecule has 0 saturated heterocycles. The van der Waals surface area contributed by atoms with Crippen molar-refractivity contribution in [2.75, 3.05) is 20.2 Å². The van der Waals surface area contributed by atoms with Gasteiger partial charge in [-0.3, -0.25) is 9.78 Å². The SMILES string of the molecule is CN(CCOc1ccc(Cl)cc1)C(=O)CCc1nc(-c2ccccn2)no1. The summed E-state index contributed by atoms with van der Waals surface area (Å²) in [6.07, 6.45) is 2.32. The van der Waals surface area contributed by atoms with Gasteiger partial charge in [-0.15, -0.1) is 0 Å². The molecule has 0 spiro atoms. The first-order chi connectivity index (χ1) is 13.1. The second-order valence-corrected chi connectivity index (χ2v) is 6.28. The van der Waals surface area contributed by atoms with Crippen molar-refractivity contribution < 1.29 is 14.1 Å². The lowest BCUT2D eigenvalue weighted by Gasteiger charge is -2.17. The number of likely N-dealkylation sites (N-methyl/N-ethyl adjacent to an activating group) is 1. The lowest BCUT2D eigenvalue weighted by atomic mass is 10.2. The van der Waals surface area contributed by atoms with Crippen LogP contribution >= 0.6 is 11.6 Å². The van der Waals surface area contributed by atoms with E-state index in [1.807, 2.05) is 12.1 Å². The second kappa shape index (κ2) is 9.14. The molecule has 8 heteroatoms. The summed E-state index contributed by atoms with van der Waals surface area (Å²) in [5.41, 5.74) is 0.635. The molecule has 7 nitrogen and oxygen atoms in total. The Morgan fingerprint density at radius 2 is 2.04 bits per heavy atom. The van der Waals surface area contributed by atoms with Gasteiger partial charge in [0.1, 0.15) is 18.1 Å². The van der Waals surface area contributed by atoms with Crippen LogP contribution in [0.2, 0.25) is 5.02 Å². The fraction of sp³-hybridized carbons (Fsp3) is 0.263. The number of amides is 1. The van der Waals surface area contributed by atoms with Gasteiger partial charge < -0.3 is 14.2 Å². The van der Waals surface area contributed by atoms with Gasteiger partial charge >= 0.3 is 0 Å². The Labute approximate surface area is 161 Å². The third kappa shape index (κ3) is 5.52. The number of ether oxygens (including phenoxy) is 1. The minimum absolute atomic E-state index is 0.0210. The number of hydrogen-bond acceptors (Lipinski definition) is 6. The van der Waals surface area contributed by atoms with Crippen LogP contribution in [0.15, 0.2) is 53.2 Å². The van der Waals surface area contributed by atoms with E-state index in [2.05, 4.69) is 15.1 Å². The Balaban J connectivity index is 1.42. The van der Waals surface area contributed by atoms with Crippen molar-refractivity contribution in [3.8, 4) is 17.3 Å². The third-order valence-electron chi connectivity index (χ3n) is 3.85. The van der Waals surface area contributed by atoms with E-state index in [1.165, 1.54) is 0 Å². The molecule has 0 aliphatic rings. The smallest absolute Gasteiger partial charge is 0.227 e. The molecule has 0 unspecified atom stereocenters. The predicted octanol–water partition coefficient (Wildman–Crippen LogP) is 3.26. The molecule has 0 atom stereocenters. The van der Waals surface area contributed by atoms with Crippen LogP contribution in [0.1, 0.15) is 12.3 Å². The number of aryl methyl sites for hydroxylation is 1. The molecule has 0 fully saturated rings. The number of nitrogens with zero attached hydrogens (tertiary/aromatic N) is 4. The molecule has 0 aliphatic carbocycles. The van der Waals surface area contributed by atoms with Crippen LogP contribution in [0.3, 0.4) is 0 Å². The molecule has 0 N–H and O–H groups in total. The molecule has 0 radical (unpaired) electrons. The van der Waals surface area contributed by atoms with Crippen LogP contribution in [0.5, 0.6) is 5.75 Å². The number of halogens is 1. The molecule has 1 aromatic carbocycles. The fourth-order valence-corrected chi connectivity index (χ4v) is 2.44. The van der Waals surface area contributed by atoms with Crippen LogP contribution in [0, 0.1) is 0 Å². The molecular formula is C19H19ClN4O3. The van der Waals surface area contributed by atoms with Crippen LogP contribution in [0.4, 0.5) is 0 Å². The van der Waals surface area contributed by atoms with E-state index in [-0.39, 0.29) is 12.3 Å². The third-order valence-corrected chi connectivity index (χ3v) is 4.10. The zero-order chi connectivity index (χ0) is 19.1. The van der Waals surface area contributed by atoms with E-state index in [1.54, 1.807) is 48.5 Å². The summed E-state index contributed by atoms with van der Waals surface area (Å²) in [6, 6.07) is 12.6. The quantitative estimate of drug-likeness (QED) is 0.591. The minimum atomic E-state index is -0.0210. The summed E-state index contributed by atoms with van der Waals surface area (Å²) >= 11 is 5.83. The molecule has 3 aromatic rings. The molecule has 1 amide bonds. The first-order valence-electron chi connectivity index (χ1n) is 8.48. The van der Waals surface area contributed by atoms with Crippen molar-refractivity contribution in [3.63, 3.8) is 0 Å². The standard InChI is InChI=1S/C19H19ClN4O3/c1-24(12-13-26-15-7-5-14(20)6-8-15)18(25)10-9-17-22-19(23-27-17)16-4-2-3-11-21-16/h2-8,11H,9-10,12-13H2,1H3. The predicted molar refractivity (Wildman–Crippen MR) is 100 cm³/mol. The highest BCUT2D eigenvalue weighted by atomic mass is 35.5. The lowest BCUT2D eigenvalue weighted by molar-refractivity contribution is -0.130. The monoisotopic (exact) mass is 386 g/mol. The van der Waals surface area contributed by atoms with Crippen molar-refractivity contribution >= 4 is 17.5 Å². The molecule has 0 bridgehead atoms. The van der Waals surface area contributed by atoms with Gasteiger partial charge in [0, 0.05) is 31.1 Å². The first-order valence-corrected chi connectivity index (χ1v) is 8.86. The maximum absolute atomic E-state index is 12.2. The number of pyridine rings is 1. The number of carbonyl (C=O) groups excluding carboxylic acids is 1. The number of benzene rings is 1. The molecule has 0 aliphatic heterocycles. The number of hydrogen-bond donors (Lipinski definition) is 0. The van der Waals surface area contributed by atoms with E-state index >= 15 is 0 Å². The maximum atomic E-state index is 12.2. The number of aromatic nitrogens is 3. The molecule has 140 valence electrons. The molecule has 0 saturated carbocycles. The first kappa shape index (κ1) is 18.8. The Morgan fingerprint density at radius 1 is 1.22 bits per heavy atom. The molecule has 2 heterocycles. The van der Waals surface area contributed by atoms with Crippen LogP contribution in [0.25, 0.3) is 11.5 Å². The van der Waals surface area contributed by atoms with Crippen LogP contribution in [-0.2, 0) is 11.2 Å². The van der Waals surface area contributed by atoms with E-state index in [4.69, 9.17) is 20.9 Å². The van der Waals surface area contributed by atoms with E-state index in [9.17, 15) is 4.79 Å². The van der Waals surface area contributed by atoms with Crippen molar-refractivity contribution in [2.24, 2.45) is 0 Å². The van der Waals surface area contributed by atoms with Crippen molar-refractivity contribution in [3.05, 3.63) is 59.6 Å². The fourth-order valence-electron chi connectivity index (χ4n) is 2.32. The van der Waals surface area contributed by atoms with Gasteiger partial charge in [0.15, 0.2) is 0 Å². The summed E-state index contributed by atoms with van der Waals surface area (Å²) in [5, 5.41) is 4.55. The minimum Gasteiger partial charge on any atom is -0.492 e. The van der Waals surface area contributed by atoms with Crippen LogP contribution in [-0.4, -0.2) is 46.1 Å². The van der Waals surface area contributed by atoms with Gasteiger partial charge in [0.25, 0.3) is 0 Å². The van der Waals surface area contributed by atoms with E-state index in [0.29, 0.717) is 47.8 Å². The molecule has 27 heavy (non-hydrogen) atoms. The van der Waals surface area contributed by atoms with Gasteiger partial charge in [0.2, 0.25) is 17.6 Å². The topological polar surface area (TPSA) is 81.4 Å². The zero-order valence-corrected chi connectivity index (χ0v) is 15.6. The van der Waals surface area contributed by atoms with Gasteiger partial charge in [-0.05, 0) is 36.4 Å². The van der Waals surface area contributed by atoms with Gasteiger partial charge in [-0.1, -0.05) is 22.8 Å². The highest BCUT2D eigenvalue weighted by molar-refractivity contribution is 6.30. The van der Waals surface area contributed by atoms with E-state index < -0.39 is 0 Å². The average Bonchev–Trinajstić information content (AvgIpc) is 3.17. The Hall–Kier alpha value is -2.93. The molecular weight excluding hydrogens is 368 g/mol. The zero-order valence-electron chi connectivity index (χ0n) is 14.8. The van der Waals surface area contributed by atoms with Gasteiger partial charge in [-0.25, -0.2) is 0 Å². The summed E-state index contributed by atoms with van der Waals surface area (Å²) in [4.78, 5) is 22.3. The highest BCUT2D eigenvalue weighted by Crippen LogP contribution is 2.15. The Bertz CT molecular complexity index is 868. The summed E-state index contributed by atoms with van der Waals surface area (Å²) in [5.74, 6) is 1.53. The molecule has 2 aromatic heterocycles. The van der Waals surface area contributed by atoms with E-state index in [0.717, 1.165) is 0 Å². The Kier molecular flexibility index (Phi) is 6.38. The maximum Gasteiger partial charge on any atom is 0.227 e. The molecule has 3 rings (SSSR count). The number of carbonyl (C=O) groups is 1. The second-order valence-electron chi connectivity index (χ2n) is 5.84.